The predicted octanol–water partition coefficient (Wildman–Crippen LogP) is 10.6. The Labute approximate surface area is 286 Å². The zero-order valence-electron chi connectivity index (χ0n) is 27.1. The fourth-order valence-electron chi connectivity index (χ4n) is 8.90. The molecule has 2 aromatic heterocycles. The summed E-state index contributed by atoms with van der Waals surface area (Å²) in [6.45, 7) is 0. The van der Waals surface area contributed by atoms with E-state index >= 15 is 0 Å². The van der Waals surface area contributed by atoms with Crippen molar-refractivity contribution in [3.8, 4) is 67.8 Å². The van der Waals surface area contributed by atoms with Gasteiger partial charge in [-0.25, -0.2) is 19.9 Å². The van der Waals surface area contributed by atoms with Gasteiger partial charge >= 0.3 is 0 Å². The number of hydrogen-bond acceptors (Lipinski definition) is 4. The molecule has 2 atom stereocenters. The number of rotatable bonds is 7. The van der Waals surface area contributed by atoms with E-state index in [1.165, 1.54) is 24.8 Å². The molecule has 4 nitrogen and oxygen atoms in total. The van der Waals surface area contributed by atoms with Crippen LogP contribution in [0.2, 0.25) is 0 Å². The third kappa shape index (κ3) is 4.74. The molecule has 0 amide bonds. The Morgan fingerprint density at radius 2 is 0.735 bits per heavy atom. The molecular formula is C45H34N4. The molecule has 2 heterocycles. The van der Waals surface area contributed by atoms with Crippen LogP contribution in [0.5, 0.6) is 0 Å². The Balaban J connectivity index is 1.02. The van der Waals surface area contributed by atoms with Crippen LogP contribution in [0.1, 0.15) is 24.8 Å². The number of nitrogens with zero attached hydrogens (tertiary/aromatic N) is 4. The van der Waals surface area contributed by atoms with Gasteiger partial charge in [0.25, 0.3) is 0 Å². The van der Waals surface area contributed by atoms with Crippen LogP contribution in [-0.4, -0.2) is 19.9 Å². The van der Waals surface area contributed by atoms with Crippen molar-refractivity contribution >= 4 is 0 Å². The largest absolute Gasteiger partial charge is 0.228 e. The van der Waals surface area contributed by atoms with Gasteiger partial charge in [0.05, 0.1) is 22.8 Å². The van der Waals surface area contributed by atoms with Gasteiger partial charge in [0.1, 0.15) is 0 Å². The zero-order chi connectivity index (χ0) is 32.4. The van der Waals surface area contributed by atoms with Gasteiger partial charge in [0.2, 0.25) is 0 Å². The molecule has 0 saturated heterocycles. The van der Waals surface area contributed by atoms with Crippen molar-refractivity contribution in [1.29, 1.82) is 0 Å². The quantitative estimate of drug-likeness (QED) is 0.176. The molecule has 5 aromatic carbocycles. The van der Waals surface area contributed by atoms with Crippen LogP contribution in [0.15, 0.2) is 152 Å². The monoisotopic (exact) mass is 630 g/mol. The third-order valence-electron chi connectivity index (χ3n) is 11.3. The minimum absolute atomic E-state index is 0.464. The molecule has 10 rings (SSSR count). The lowest BCUT2D eigenvalue weighted by Crippen LogP contribution is -2.71. The molecule has 7 aromatic rings. The van der Waals surface area contributed by atoms with E-state index in [-0.39, 0.29) is 0 Å². The standard InChI is InChI=1S/C45H34N4/c1-4-10-29(11-5-1)38-25-39(30-12-6-2-7-13-30)47-43(46-38)33-16-18-34(19-17-33)44-48-40(31-14-8-3-9-15-31)26-41(49-44)32-20-22-37(23-21-32)45-27-35-24-36(28-45)42(35)45/h1-23,25-26,35-36,42H,24,27-28H2. The summed E-state index contributed by atoms with van der Waals surface area (Å²) in [5.74, 6) is 4.32. The van der Waals surface area contributed by atoms with Crippen molar-refractivity contribution < 1.29 is 0 Å². The second-order valence-corrected chi connectivity index (χ2v) is 14.0. The van der Waals surface area contributed by atoms with Crippen molar-refractivity contribution in [2.75, 3.05) is 0 Å². The Morgan fingerprint density at radius 1 is 0.388 bits per heavy atom. The van der Waals surface area contributed by atoms with E-state index in [4.69, 9.17) is 19.9 Å². The summed E-state index contributed by atoms with van der Waals surface area (Å²) in [6.07, 6.45) is 4.24. The van der Waals surface area contributed by atoms with Crippen LogP contribution in [0, 0.1) is 17.8 Å². The number of benzene rings is 5. The van der Waals surface area contributed by atoms with Gasteiger partial charge in [0.15, 0.2) is 11.6 Å². The molecule has 0 spiro atoms. The van der Waals surface area contributed by atoms with E-state index in [2.05, 4.69) is 109 Å². The van der Waals surface area contributed by atoms with Crippen molar-refractivity contribution in [3.63, 3.8) is 0 Å². The summed E-state index contributed by atoms with van der Waals surface area (Å²) in [4.78, 5) is 20.3. The van der Waals surface area contributed by atoms with E-state index in [0.717, 1.165) is 73.9 Å². The van der Waals surface area contributed by atoms with Crippen LogP contribution >= 0.6 is 0 Å². The van der Waals surface area contributed by atoms with Crippen molar-refractivity contribution in [1.82, 2.24) is 19.9 Å². The van der Waals surface area contributed by atoms with E-state index in [9.17, 15) is 0 Å². The molecule has 0 aliphatic heterocycles. The van der Waals surface area contributed by atoms with Crippen molar-refractivity contribution in [3.05, 3.63) is 157 Å². The molecule has 0 radical (unpaired) electrons. The minimum Gasteiger partial charge on any atom is -0.228 e. The molecule has 3 saturated carbocycles. The lowest BCUT2D eigenvalue weighted by molar-refractivity contribution is -0.219. The molecule has 0 N–H and O–H groups in total. The first-order chi connectivity index (χ1) is 24.2. The van der Waals surface area contributed by atoms with Crippen LogP contribution in [0.3, 0.4) is 0 Å². The highest BCUT2D eigenvalue weighted by Crippen LogP contribution is 2.77. The van der Waals surface area contributed by atoms with Crippen LogP contribution in [0.4, 0.5) is 0 Å². The van der Waals surface area contributed by atoms with Crippen LogP contribution in [-0.2, 0) is 5.41 Å². The Kier molecular flexibility index (Phi) is 6.45. The highest BCUT2D eigenvalue weighted by atomic mass is 14.9. The van der Waals surface area contributed by atoms with Gasteiger partial charge in [-0.3, -0.25) is 0 Å². The highest BCUT2D eigenvalue weighted by Gasteiger charge is 2.71. The molecule has 0 bridgehead atoms. The highest BCUT2D eigenvalue weighted by molar-refractivity contribution is 5.75. The van der Waals surface area contributed by atoms with E-state index < -0.39 is 0 Å². The molecule has 2 unspecified atom stereocenters. The maximum atomic E-state index is 5.14. The summed E-state index contributed by atoms with van der Waals surface area (Å²) in [5, 5.41) is 0. The van der Waals surface area contributed by atoms with E-state index in [1.807, 2.05) is 42.5 Å². The second-order valence-electron chi connectivity index (χ2n) is 14.0. The molecule has 3 aliphatic rings. The summed E-state index contributed by atoms with van der Waals surface area (Å²) >= 11 is 0. The van der Waals surface area contributed by atoms with Gasteiger partial charge in [-0.15, -0.1) is 0 Å². The Hall–Kier alpha value is -5.74. The predicted molar refractivity (Wildman–Crippen MR) is 196 cm³/mol. The third-order valence-corrected chi connectivity index (χ3v) is 11.3. The Morgan fingerprint density at radius 3 is 1.08 bits per heavy atom. The number of aromatic nitrogens is 4. The maximum absolute atomic E-state index is 5.14. The molecule has 4 heteroatoms. The summed E-state index contributed by atoms with van der Waals surface area (Å²) < 4.78 is 0. The first kappa shape index (κ1) is 28.3. The van der Waals surface area contributed by atoms with Gasteiger partial charge in [-0.2, -0.15) is 0 Å². The smallest absolute Gasteiger partial charge is 0.160 e. The van der Waals surface area contributed by atoms with Crippen molar-refractivity contribution in [2.24, 2.45) is 17.8 Å². The van der Waals surface area contributed by atoms with Gasteiger partial charge in [-0.1, -0.05) is 140 Å². The average molecular weight is 631 g/mol. The van der Waals surface area contributed by atoms with Gasteiger partial charge < -0.3 is 0 Å². The van der Waals surface area contributed by atoms with E-state index in [0.29, 0.717) is 17.1 Å². The maximum Gasteiger partial charge on any atom is 0.160 e. The zero-order valence-corrected chi connectivity index (χ0v) is 27.1. The second kappa shape index (κ2) is 11.2. The molecule has 49 heavy (non-hydrogen) atoms. The topological polar surface area (TPSA) is 51.6 Å². The fraction of sp³-hybridized carbons (Fsp3) is 0.156. The average Bonchev–Trinajstić information content (AvgIpc) is 3.18. The normalized spacial score (nSPS) is 21.5. The lowest BCUT2D eigenvalue weighted by Gasteiger charge is -2.76. The minimum atomic E-state index is 0.464. The SMILES string of the molecule is c1ccc(-c2cc(-c3ccccc3)nc(-c3ccc(-c4nc(-c5ccccc5)cc(-c5ccc(C67CC8CC(C6)C87)cc5)n4)cc3)n2)cc1. The summed E-state index contributed by atoms with van der Waals surface area (Å²) in [6, 6.07) is 52.8. The van der Waals surface area contributed by atoms with Gasteiger partial charge in [0, 0.05) is 33.4 Å². The van der Waals surface area contributed by atoms with Crippen molar-refractivity contribution in [2.45, 2.75) is 24.7 Å². The van der Waals surface area contributed by atoms with E-state index in [1.54, 1.807) is 0 Å². The first-order valence-corrected chi connectivity index (χ1v) is 17.4. The number of hydrogen-bond donors (Lipinski definition) is 0. The molecule has 3 aliphatic carbocycles. The molecule has 234 valence electrons. The first-order valence-electron chi connectivity index (χ1n) is 17.4. The van der Waals surface area contributed by atoms with Gasteiger partial charge in [-0.05, 0) is 60.1 Å². The molecular weight excluding hydrogens is 597 g/mol. The summed E-state index contributed by atoms with van der Waals surface area (Å²) in [5.41, 5.74) is 11.8. The lowest BCUT2D eigenvalue weighted by atomic mass is 9.28. The van der Waals surface area contributed by atoms with Crippen LogP contribution in [0.25, 0.3) is 67.8 Å². The summed E-state index contributed by atoms with van der Waals surface area (Å²) in [7, 11) is 0. The molecule has 3 fully saturated rings. The fourth-order valence-corrected chi connectivity index (χ4v) is 8.90. The van der Waals surface area contributed by atoms with Crippen LogP contribution < -0.4 is 0 Å². The Bertz CT molecular complexity index is 2230.